The molecule has 0 bridgehead atoms. The number of carboxylic acids is 1. The summed E-state index contributed by atoms with van der Waals surface area (Å²) in [5.74, 6) is 0.0632. The van der Waals surface area contributed by atoms with Gasteiger partial charge >= 0.3 is 12.0 Å². The number of carboxylic acid groups (broad SMARTS) is 1. The molecule has 1 aliphatic carbocycles. The molecule has 6 heteroatoms. The Morgan fingerprint density at radius 2 is 2.14 bits per heavy atom. The molecule has 5 nitrogen and oxygen atoms in total. The number of benzene rings is 1. The van der Waals surface area contributed by atoms with Gasteiger partial charge in [-0.2, -0.15) is 0 Å². The van der Waals surface area contributed by atoms with Crippen LogP contribution in [0, 0.1) is 11.8 Å². The fraction of sp³-hybridized carbons (Fsp3) is 0.467. The summed E-state index contributed by atoms with van der Waals surface area (Å²) in [6, 6.07) is 4.41. The lowest BCUT2D eigenvalue weighted by Crippen LogP contribution is -2.34. The van der Waals surface area contributed by atoms with Crippen LogP contribution in [0.15, 0.2) is 22.7 Å². The van der Waals surface area contributed by atoms with Crippen molar-refractivity contribution < 1.29 is 14.7 Å². The van der Waals surface area contributed by atoms with Crippen LogP contribution >= 0.6 is 15.9 Å². The summed E-state index contributed by atoms with van der Waals surface area (Å²) in [7, 11) is 0. The lowest BCUT2D eigenvalue weighted by molar-refractivity contribution is 0.0698. The standard InChI is InChI=1S/C15H19BrN2O3/c1-9-4-2-5-10(9)8-17-15(21)18-13-11(14(19)20)6-3-7-12(13)16/h3,6-7,9-10H,2,4-5,8H2,1H3,(H,19,20)(H2,17,18,21). The van der Waals surface area contributed by atoms with E-state index in [0.717, 1.165) is 6.42 Å². The second-order valence-corrected chi connectivity index (χ2v) is 6.33. The maximum atomic E-state index is 12.0. The third-order valence-electron chi connectivity index (χ3n) is 4.05. The van der Waals surface area contributed by atoms with Crippen LogP contribution in [0.25, 0.3) is 0 Å². The lowest BCUT2D eigenvalue weighted by Gasteiger charge is -2.17. The lowest BCUT2D eigenvalue weighted by atomic mass is 9.98. The molecule has 0 heterocycles. The number of nitrogens with one attached hydrogen (secondary N) is 2. The van der Waals surface area contributed by atoms with Crippen LogP contribution in [0.5, 0.6) is 0 Å². The van der Waals surface area contributed by atoms with E-state index in [1.54, 1.807) is 12.1 Å². The summed E-state index contributed by atoms with van der Waals surface area (Å²) in [5, 5.41) is 14.6. The number of carbonyl (C=O) groups excluding carboxylic acids is 1. The highest BCUT2D eigenvalue weighted by Crippen LogP contribution is 2.30. The Labute approximate surface area is 132 Å². The van der Waals surface area contributed by atoms with E-state index in [2.05, 4.69) is 33.5 Å². The quantitative estimate of drug-likeness (QED) is 0.771. The first-order chi connectivity index (χ1) is 9.99. The Kier molecular flexibility index (Phi) is 5.22. The van der Waals surface area contributed by atoms with Gasteiger partial charge in [0.1, 0.15) is 0 Å². The molecule has 1 saturated carbocycles. The van der Waals surface area contributed by atoms with Crippen molar-refractivity contribution in [2.75, 3.05) is 11.9 Å². The molecular weight excluding hydrogens is 336 g/mol. The Hall–Kier alpha value is -1.56. The molecule has 0 aromatic heterocycles. The minimum absolute atomic E-state index is 0.0637. The Bertz CT molecular complexity index is 548. The van der Waals surface area contributed by atoms with Gasteiger partial charge in [0.05, 0.1) is 11.3 Å². The number of anilines is 1. The molecular formula is C15H19BrN2O3. The van der Waals surface area contributed by atoms with Gasteiger partial charge in [0.2, 0.25) is 0 Å². The zero-order chi connectivity index (χ0) is 15.4. The zero-order valence-corrected chi connectivity index (χ0v) is 13.4. The molecule has 1 aromatic carbocycles. The van der Waals surface area contributed by atoms with Crippen LogP contribution in [0.2, 0.25) is 0 Å². The predicted octanol–water partition coefficient (Wildman–Crippen LogP) is 3.71. The summed E-state index contributed by atoms with van der Waals surface area (Å²) in [6.45, 7) is 2.83. The van der Waals surface area contributed by atoms with Crippen LogP contribution in [-0.4, -0.2) is 23.7 Å². The summed E-state index contributed by atoms with van der Waals surface area (Å²) in [4.78, 5) is 23.1. The number of carbonyl (C=O) groups is 2. The van der Waals surface area contributed by atoms with Gasteiger partial charge in [-0.3, -0.25) is 0 Å². The molecule has 114 valence electrons. The predicted molar refractivity (Wildman–Crippen MR) is 84.6 cm³/mol. The van der Waals surface area contributed by atoms with E-state index in [1.165, 1.54) is 18.9 Å². The Balaban J connectivity index is 1.98. The number of para-hydroxylation sites is 1. The topological polar surface area (TPSA) is 78.4 Å². The smallest absolute Gasteiger partial charge is 0.337 e. The van der Waals surface area contributed by atoms with E-state index >= 15 is 0 Å². The molecule has 0 spiro atoms. The molecule has 0 radical (unpaired) electrons. The van der Waals surface area contributed by atoms with E-state index in [4.69, 9.17) is 5.11 Å². The van der Waals surface area contributed by atoms with Crippen molar-refractivity contribution in [3.05, 3.63) is 28.2 Å². The van der Waals surface area contributed by atoms with Crippen LogP contribution < -0.4 is 10.6 Å². The molecule has 1 aromatic rings. The van der Waals surface area contributed by atoms with Gasteiger partial charge in [-0.1, -0.05) is 25.8 Å². The van der Waals surface area contributed by atoms with Gasteiger partial charge in [0.25, 0.3) is 0 Å². The molecule has 2 atom stereocenters. The number of halogens is 1. The monoisotopic (exact) mass is 354 g/mol. The first-order valence-corrected chi connectivity index (χ1v) is 7.85. The fourth-order valence-corrected chi connectivity index (χ4v) is 3.20. The number of hydrogen-bond acceptors (Lipinski definition) is 2. The van der Waals surface area contributed by atoms with Crippen LogP contribution in [0.4, 0.5) is 10.5 Å². The van der Waals surface area contributed by atoms with Crippen molar-refractivity contribution >= 4 is 33.6 Å². The van der Waals surface area contributed by atoms with E-state index in [1.807, 2.05) is 0 Å². The third kappa shape index (κ3) is 3.97. The molecule has 1 aliphatic rings. The zero-order valence-electron chi connectivity index (χ0n) is 11.9. The van der Waals surface area contributed by atoms with Gasteiger partial charge in [0.15, 0.2) is 0 Å². The molecule has 2 rings (SSSR count). The number of hydrogen-bond donors (Lipinski definition) is 3. The molecule has 2 unspecified atom stereocenters. The highest BCUT2D eigenvalue weighted by molar-refractivity contribution is 9.10. The van der Waals surface area contributed by atoms with Gasteiger partial charge in [-0.25, -0.2) is 9.59 Å². The summed E-state index contributed by atoms with van der Waals surface area (Å²) in [5.41, 5.74) is 0.343. The average molecular weight is 355 g/mol. The number of aromatic carboxylic acids is 1. The van der Waals surface area contributed by atoms with Gasteiger partial charge in [-0.05, 0) is 46.3 Å². The number of rotatable bonds is 4. The molecule has 0 saturated heterocycles. The molecule has 3 N–H and O–H groups in total. The fourth-order valence-electron chi connectivity index (χ4n) is 2.74. The average Bonchev–Trinajstić information content (AvgIpc) is 2.84. The van der Waals surface area contributed by atoms with Crippen LogP contribution in [0.1, 0.15) is 36.5 Å². The third-order valence-corrected chi connectivity index (χ3v) is 4.71. The Morgan fingerprint density at radius 1 is 1.38 bits per heavy atom. The first-order valence-electron chi connectivity index (χ1n) is 7.05. The second-order valence-electron chi connectivity index (χ2n) is 5.47. The maximum absolute atomic E-state index is 12.0. The van der Waals surface area contributed by atoms with E-state index in [0.29, 0.717) is 22.9 Å². The van der Waals surface area contributed by atoms with Crippen molar-refractivity contribution in [3.8, 4) is 0 Å². The van der Waals surface area contributed by atoms with Gasteiger partial charge in [0, 0.05) is 11.0 Å². The van der Waals surface area contributed by atoms with Gasteiger partial charge in [-0.15, -0.1) is 0 Å². The highest BCUT2D eigenvalue weighted by Gasteiger charge is 2.23. The highest BCUT2D eigenvalue weighted by atomic mass is 79.9. The second kappa shape index (κ2) is 6.93. The molecule has 2 amide bonds. The number of amides is 2. The van der Waals surface area contributed by atoms with Crippen molar-refractivity contribution in [1.82, 2.24) is 5.32 Å². The van der Waals surface area contributed by atoms with E-state index in [9.17, 15) is 9.59 Å². The van der Waals surface area contributed by atoms with Crippen molar-refractivity contribution in [3.63, 3.8) is 0 Å². The summed E-state index contributed by atoms with van der Waals surface area (Å²) >= 11 is 3.27. The van der Waals surface area contributed by atoms with Crippen molar-refractivity contribution in [2.24, 2.45) is 11.8 Å². The minimum atomic E-state index is -1.07. The maximum Gasteiger partial charge on any atom is 0.337 e. The van der Waals surface area contributed by atoms with Crippen LogP contribution in [-0.2, 0) is 0 Å². The minimum Gasteiger partial charge on any atom is -0.478 e. The van der Waals surface area contributed by atoms with Crippen molar-refractivity contribution in [2.45, 2.75) is 26.2 Å². The van der Waals surface area contributed by atoms with E-state index < -0.39 is 5.97 Å². The molecule has 21 heavy (non-hydrogen) atoms. The Morgan fingerprint density at radius 3 is 2.76 bits per heavy atom. The van der Waals surface area contributed by atoms with Gasteiger partial charge < -0.3 is 15.7 Å². The van der Waals surface area contributed by atoms with Crippen molar-refractivity contribution in [1.29, 1.82) is 0 Å². The molecule has 0 aliphatic heterocycles. The first kappa shape index (κ1) is 15.8. The largest absolute Gasteiger partial charge is 0.478 e. The molecule has 1 fully saturated rings. The SMILES string of the molecule is CC1CCCC1CNC(=O)Nc1c(Br)cccc1C(=O)O. The normalized spacial score (nSPS) is 21.0. The van der Waals surface area contributed by atoms with Crippen LogP contribution in [0.3, 0.4) is 0 Å². The number of urea groups is 1. The summed E-state index contributed by atoms with van der Waals surface area (Å²) < 4.78 is 0.548. The summed E-state index contributed by atoms with van der Waals surface area (Å²) in [6.07, 6.45) is 3.56. The van der Waals surface area contributed by atoms with E-state index in [-0.39, 0.29) is 17.3 Å².